The SMILES string of the molecule is CCC1=I[C@H](CC)CC1. The highest BCUT2D eigenvalue weighted by Gasteiger charge is 2.12. The first-order valence-electron chi connectivity index (χ1n) is 3.85. The maximum absolute atomic E-state index is 2.34. The maximum Gasteiger partial charge on any atom is 0.00622 e. The molecule has 0 saturated carbocycles. The number of halogens is 1. The molecule has 0 aliphatic carbocycles. The van der Waals surface area contributed by atoms with Gasteiger partial charge < -0.3 is 0 Å². The molecular weight excluding hydrogens is 223 g/mol. The minimum atomic E-state index is 0.527. The van der Waals surface area contributed by atoms with Gasteiger partial charge in [-0.2, -0.15) is 0 Å². The second-order valence-electron chi connectivity index (χ2n) is 2.52. The van der Waals surface area contributed by atoms with Gasteiger partial charge in [-0.1, -0.05) is 13.8 Å². The summed E-state index contributed by atoms with van der Waals surface area (Å²) in [4.78, 5) is 0. The van der Waals surface area contributed by atoms with Gasteiger partial charge in [0.1, 0.15) is 0 Å². The smallest absolute Gasteiger partial charge is 0.00622 e. The summed E-state index contributed by atoms with van der Waals surface area (Å²) in [5, 5.41) is 0. The van der Waals surface area contributed by atoms with Crippen molar-refractivity contribution in [2.24, 2.45) is 0 Å². The van der Waals surface area contributed by atoms with Crippen molar-refractivity contribution in [3.05, 3.63) is 0 Å². The van der Waals surface area contributed by atoms with Crippen molar-refractivity contribution in [2.75, 3.05) is 0 Å². The normalized spacial score (nSPS) is 27.3. The lowest BCUT2D eigenvalue weighted by Gasteiger charge is -1.96. The second kappa shape index (κ2) is 3.69. The van der Waals surface area contributed by atoms with E-state index in [2.05, 4.69) is 13.8 Å². The lowest BCUT2D eigenvalue weighted by atomic mass is 10.1. The number of alkyl halides is 1. The summed E-state index contributed by atoms with van der Waals surface area (Å²) in [5.41, 5.74) is 0. The van der Waals surface area contributed by atoms with Crippen LogP contribution < -0.4 is 0 Å². The van der Waals surface area contributed by atoms with Crippen molar-refractivity contribution in [3.63, 3.8) is 0 Å². The first-order valence-corrected chi connectivity index (χ1v) is 6.17. The van der Waals surface area contributed by atoms with E-state index >= 15 is 0 Å². The average Bonchev–Trinajstić information content (AvgIpc) is 2.34. The van der Waals surface area contributed by atoms with Crippen LogP contribution >= 0.6 is 20.7 Å². The fourth-order valence-corrected chi connectivity index (χ4v) is 4.55. The molecule has 0 saturated heterocycles. The van der Waals surface area contributed by atoms with E-state index in [-0.39, 0.29) is 0 Å². The summed E-state index contributed by atoms with van der Waals surface area (Å²) >= 11 is 0.527. The summed E-state index contributed by atoms with van der Waals surface area (Å²) in [6.07, 6.45) is 5.82. The van der Waals surface area contributed by atoms with Gasteiger partial charge in [0.25, 0.3) is 0 Å². The van der Waals surface area contributed by atoms with Gasteiger partial charge in [0, 0.05) is 3.92 Å². The lowest BCUT2D eigenvalue weighted by molar-refractivity contribution is 0.792. The van der Waals surface area contributed by atoms with Crippen LogP contribution in [0, 0.1) is 0 Å². The van der Waals surface area contributed by atoms with Gasteiger partial charge in [0.2, 0.25) is 0 Å². The summed E-state index contributed by atoms with van der Waals surface area (Å²) in [6.45, 7) is 4.65. The Hall–Kier alpha value is 0.600. The third-order valence-corrected chi connectivity index (χ3v) is 6.43. The fraction of sp³-hybridized carbons (Fsp3) is 0.875. The molecule has 0 aromatic heterocycles. The number of hydrogen-bond donors (Lipinski definition) is 0. The Morgan fingerprint density at radius 3 is 2.67 bits per heavy atom. The van der Waals surface area contributed by atoms with Crippen molar-refractivity contribution in [2.45, 2.75) is 43.5 Å². The molecule has 0 amide bonds. The molecule has 0 nitrogen and oxygen atoms in total. The Morgan fingerprint density at radius 2 is 2.33 bits per heavy atom. The van der Waals surface area contributed by atoms with Crippen molar-refractivity contribution >= 4 is 24.2 Å². The number of rotatable bonds is 2. The fourth-order valence-electron chi connectivity index (χ4n) is 1.18. The van der Waals surface area contributed by atoms with Crippen molar-refractivity contribution in [3.8, 4) is 0 Å². The van der Waals surface area contributed by atoms with Crippen molar-refractivity contribution in [1.82, 2.24) is 0 Å². The topological polar surface area (TPSA) is 0 Å². The van der Waals surface area contributed by atoms with Crippen molar-refractivity contribution < 1.29 is 0 Å². The second-order valence-corrected chi connectivity index (χ2v) is 6.43. The molecule has 0 bridgehead atoms. The zero-order valence-electron chi connectivity index (χ0n) is 6.28. The summed E-state index contributed by atoms with van der Waals surface area (Å²) in [5.74, 6) is 0. The molecule has 1 aliphatic heterocycles. The van der Waals surface area contributed by atoms with E-state index in [0.29, 0.717) is 20.7 Å². The first-order chi connectivity index (χ1) is 4.36. The molecule has 0 unspecified atom stereocenters. The van der Waals surface area contributed by atoms with E-state index in [4.69, 9.17) is 0 Å². The van der Waals surface area contributed by atoms with E-state index in [1.807, 2.05) is 3.51 Å². The molecule has 1 rings (SSSR count). The molecule has 1 heteroatoms. The molecule has 0 aromatic rings. The Kier molecular flexibility index (Phi) is 3.16. The summed E-state index contributed by atoms with van der Waals surface area (Å²) < 4.78 is 3.07. The highest BCUT2D eigenvalue weighted by molar-refractivity contribution is 14.2. The molecule has 0 radical (unpaired) electrons. The van der Waals surface area contributed by atoms with Crippen LogP contribution in [0.25, 0.3) is 0 Å². The highest BCUT2D eigenvalue weighted by atomic mass is 127. The summed E-state index contributed by atoms with van der Waals surface area (Å²) in [6, 6.07) is 0. The monoisotopic (exact) mass is 238 g/mol. The van der Waals surface area contributed by atoms with Crippen LogP contribution in [0.3, 0.4) is 0 Å². The van der Waals surface area contributed by atoms with E-state index < -0.39 is 0 Å². The standard InChI is InChI=1S/C8H15I/c1-3-7-5-6-8(4-2)9-7/h7H,3-6H2,1-2H3/t7-/m1/s1. The maximum atomic E-state index is 2.34. The Labute approximate surface area is 67.8 Å². The van der Waals surface area contributed by atoms with Crippen LogP contribution in [0.5, 0.6) is 0 Å². The minimum absolute atomic E-state index is 0.527. The Bertz CT molecular complexity index is 116. The van der Waals surface area contributed by atoms with Crippen LogP contribution in [-0.2, 0) is 0 Å². The minimum Gasteiger partial charge on any atom is -0.120 e. The van der Waals surface area contributed by atoms with E-state index in [1.165, 1.54) is 25.7 Å². The molecule has 9 heavy (non-hydrogen) atoms. The molecule has 54 valence electrons. The molecule has 1 aliphatic rings. The van der Waals surface area contributed by atoms with E-state index in [1.54, 1.807) is 0 Å². The zero-order valence-corrected chi connectivity index (χ0v) is 8.44. The molecule has 1 heterocycles. The zero-order chi connectivity index (χ0) is 6.69. The van der Waals surface area contributed by atoms with Gasteiger partial charge >= 0.3 is 0 Å². The lowest BCUT2D eigenvalue weighted by Crippen LogP contribution is -1.89. The number of hydrogen-bond acceptors (Lipinski definition) is 0. The average molecular weight is 238 g/mol. The van der Waals surface area contributed by atoms with Gasteiger partial charge in [-0.05, 0) is 29.2 Å². The third-order valence-electron chi connectivity index (χ3n) is 1.86. The predicted octanol–water partition coefficient (Wildman–Crippen LogP) is 3.11. The van der Waals surface area contributed by atoms with E-state index in [9.17, 15) is 0 Å². The van der Waals surface area contributed by atoms with Gasteiger partial charge in [0.05, 0.1) is 0 Å². The van der Waals surface area contributed by atoms with Crippen LogP contribution in [0.4, 0.5) is 0 Å². The third kappa shape index (κ3) is 2.03. The van der Waals surface area contributed by atoms with Crippen LogP contribution in [0.2, 0.25) is 0 Å². The Morgan fingerprint density at radius 1 is 1.56 bits per heavy atom. The highest BCUT2D eigenvalue weighted by Crippen LogP contribution is 2.30. The Balaban J connectivity index is 2.40. The van der Waals surface area contributed by atoms with E-state index in [0.717, 1.165) is 3.92 Å². The molecule has 0 N–H and O–H groups in total. The van der Waals surface area contributed by atoms with Crippen LogP contribution in [-0.4, -0.2) is 7.43 Å². The molecule has 1 atom stereocenters. The summed E-state index contributed by atoms with van der Waals surface area (Å²) in [7, 11) is 0. The molecule has 0 spiro atoms. The predicted molar refractivity (Wildman–Crippen MR) is 52.6 cm³/mol. The largest absolute Gasteiger partial charge is 0.120 e. The van der Waals surface area contributed by atoms with Gasteiger partial charge in [-0.15, -0.1) is 20.7 Å². The van der Waals surface area contributed by atoms with Crippen molar-refractivity contribution in [1.29, 1.82) is 0 Å². The molecule has 0 fully saturated rings. The molecule has 0 aromatic carbocycles. The first kappa shape index (κ1) is 7.70. The molecular formula is C8H15I. The van der Waals surface area contributed by atoms with Crippen LogP contribution in [0.15, 0.2) is 0 Å². The van der Waals surface area contributed by atoms with Gasteiger partial charge in [0.15, 0.2) is 0 Å². The van der Waals surface area contributed by atoms with Crippen LogP contribution in [0.1, 0.15) is 39.5 Å². The van der Waals surface area contributed by atoms with Gasteiger partial charge in [-0.25, -0.2) is 0 Å². The van der Waals surface area contributed by atoms with Gasteiger partial charge in [-0.3, -0.25) is 0 Å². The quantitative estimate of drug-likeness (QED) is 0.512.